The van der Waals surface area contributed by atoms with Gasteiger partial charge < -0.3 is 5.32 Å². The van der Waals surface area contributed by atoms with Crippen LogP contribution in [0.15, 0.2) is 41.3 Å². The minimum Gasteiger partial charge on any atom is -0.302 e. The number of carbonyl (C=O) groups is 1. The lowest BCUT2D eigenvalue weighted by Crippen LogP contribution is -2.41. The highest BCUT2D eigenvalue weighted by Gasteiger charge is 2.34. The van der Waals surface area contributed by atoms with Gasteiger partial charge in [-0.3, -0.25) is 4.79 Å². The van der Waals surface area contributed by atoms with Crippen LogP contribution in [0.25, 0.3) is 10.2 Å². The molecule has 0 bridgehead atoms. The van der Waals surface area contributed by atoms with E-state index in [1.807, 2.05) is 25.1 Å². The van der Waals surface area contributed by atoms with Crippen molar-refractivity contribution in [2.45, 2.75) is 24.7 Å². The second kappa shape index (κ2) is 8.01. The summed E-state index contributed by atoms with van der Waals surface area (Å²) >= 11 is 1.38. The van der Waals surface area contributed by atoms with E-state index in [2.05, 4.69) is 10.3 Å². The molecule has 6 nitrogen and oxygen atoms in total. The number of thiazole rings is 1. The lowest BCUT2D eigenvalue weighted by molar-refractivity contribution is -0.120. The predicted molar refractivity (Wildman–Crippen MR) is 111 cm³/mol. The van der Waals surface area contributed by atoms with Gasteiger partial charge in [-0.1, -0.05) is 23.5 Å². The molecular formula is C20H19F2N3O3S2. The van der Waals surface area contributed by atoms with Gasteiger partial charge in [-0.25, -0.2) is 22.2 Å². The van der Waals surface area contributed by atoms with Crippen molar-refractivity contribution in [2.75, 3.05) is 18.4 Å². The van der Waals surface area contributed by atoms with Crippen molar-refractivity contribution in [2.24, 2.45) is 5.92 Å². The minimum absolute atomic E-state index is 0.0509. The SMILES string of the molecule is Cc1cccc2sc(NC(=O)C3CCN(S(=O)(=O)c4cc(F)ccc4F)CC3)nc12. The molecule has 2 heterocycles. The van der Waals surface area contributed by atoms with Gasteiger partial charge in [0, 0.05) is 19.0 Å². The van der Waals surface area contributed by atoms with Crippen LogP contribution in [0, 0.1) is 24.5 Å². The minimum atomic E-state index is -4.17. The van der Waals surface area contributed by atoms with Crippen LogP contribution in [-0.2, 0) is 14.8 Å². The molecule has 0 unspecified atom stereocenters. The zero-order valence-electron chi connectivity index (χ0n) is 16.1. The van der Waals surface area contributed by atoms with Crippen molar-refractivity contribution < 1.29 is 22.0 Å². The summed E-state index contributed by atoms with van der Waals surface area (Å²) in [6, 6.07) is 8.16. The van der Waals surface area contributed by atoms with E-state index in [1.54, 1.807) is 0 Å². The Morgan fingerprint density at radius 2 is 1.93 bits per heavy atom. The van der Waals surface area contributed by atoms with Crippen LogP contribution in [0.2, 0.25) is 0 Å². The van der Waals surface area contributed by atoms with Crippen molar-refractivity contribution in [3.63, 3.8) is 0 Å². The molecule has 0 aliphatic carbocycles. The average Bonchev–Trinajstić information content (AvgIpc) is 3.13. The summed E-state index contributed by atoms with van der Waals surface area (Å²) in [5, 5.41) is 3.32. The lowest BCUT2D eigenvalue weighted by atomic mass is 9.97. The van der Waals surface area contributed by atoms with E-state index in [0.717, 1.165) is 32.2 Å². The van der Waals surface area contributed by atoms with Gasteiger partial charge in [-0.2, -0.15) is 4.31 Å². The summed E-state index contributed by atoms with van der Waals surface area (Å²) in [6.45, 7) is 2.05. The molecule has 2 aromatic carbocycles. The maximum absolute atomic E-state index is 13.9. The zero-order valence-corrected chi connectivity index (χ0v) is 17.7. The molecular weight excluding hydrogens is 432 g/mol. The Kier molecular flexibility index (Phi) is 5.56. The molecule has 158 valence electrons. The number of amides is 1. The van der Waals surface area contributed by atoms with Gasteiger partial charge in [-0.05, 0) is 49.6 Å². The summed E-state index contributed by atoms with van der Waals surface area (Å²) in [5.41, 5.74) is 1.86. The number of fused-ring (bicyclic) bond motifs is 1. The van der Waals surface area contributed by atoms with Crippen molar-refractivity contribution in [1.29, 1.82) is 0 Å². The van der Waals surface area contributed by atoms with E-state index < -0.39 is 26.6 Å². The second-order valence-electron chi connectivity index (χ2n) is 7.18. The Hall–Kier alpha value is -2.43. The van der Waals surface area contributed by atoms with Crippen LogP contribution in [0.3, 0.4) is 0 Å². The quantitative estimate of drug-likeness (QED) is 0.652. The molecule has 1 aliphatic heterocycles. The van der Waals surface area contributed by atoms with Crippen molar-refractivity contribution in [3.05, 3.63) is 53.6 Å². The van der Waals surface area contributed by atoms with Gasteiger partial charge >= 0.3 is 0 Å². The normalized spacial score (nSPS) is 16.1. The Bertz CT molecular complexity index is 1220. The summed E-state index contributed by atoms with van der Waals surface area (Å²) in [5.74, 6) is -2.43. The van der Waals surface area contributed by atoms with Gasteiger partial charge in [-0.15, -0.1) is 0 Å². The molecule has 0 atom stereocenters. The number of nitrogens with one attached hydrogen (secondary N) is 1. The Morgan fingerprint density at radius 3 is 2.63 bits per heavy atom. The number of piperidine rings is 1. The smallest absolute Gasteiger partial charge is 0.246 e. The highest BCUT2D eigenvalue weighted by Crippen LogP contribution is 2.30. The molecule has 0 saturated carbocycles. The summed E-state index contributed by atoms with van der Waals surface area (Å²) in [4.78, 5) is 16.4. The molecule has 1 aromatic heterocycles. The number of halogens is 2. The van der Waals surface area contributed by atoms with E-state index >= 15 is 0 Å². The molecule has 3 aromatic rings. The number of nitrogens with zero attached hydrogens (tertiary/aromatic N) is 2. The number of benzene rings is 2. The number of anilines is 1. The molecule has 30 heavy (non-hydrogen) atoms. The number of rotatable bonds is 4. The Morgan fingerprint density at radius 1 is 1.20 bits per heavy atom. The van der Waals surface area contributed by atoms with Gasteiger partial charge in [0.25, 0.3) is 0 Å². The second-order valence-corrected chi connectivity index (χ2v) is 10.1. The third kappa shape index (κ3) is 3.94. The van der Waals surface area contributed by atoms with Gasteiger partial charge in [0.05, 0.1) is 10.2 Å². The first-order valence-electron chi connectivity index (χ1n) is 9.38. The molecule has 1 amide bonds. The number of aryl methyl sites for hydroxylation is 1. The summed E-state index contributed by atoms with van der Waals surface area (Å²) in [7, 11) is -4.17. The number of hydrogen-bond donors (Lipinski definition) is 1. The first kappa shape index (κ1) is 20.8. The maximum atomic E-state index is 13.9. The zero-order chi connectivity index (χ0) is 21.5. The highest BCUT2D eigenvalue weighted by atomic mass is 32.2. The third-order valence-electron chi connectivity index (χ3n) is 5.19. The molecule has 4 rings (SSSR count). The van der Waals surface area contributed by atoms with Gasteiger partial charge in [0.15, 0.2) is 5.13 Å². The first-order chi connectivity index (χ1) is 14.3. The fraction of sp³-hybridized carbons (Fsp3) is 0.300. The van der Waals surface area contributed by atoms with Crippen molar-refractivity contribution in [1.82, 2.24) is 9.29 Å². The molecule has 1 fully saturated rings. The Balaban J connectivity index is 1.43. The Labute approximate surface area is 176 Å². The third-order valence-corrected chi connectivity index (χ3v) is 8.04. The number of para-hydroxylation sites is 1. The number of aromatic nitrogens is 1. The largest absolute Gasteiger partial charge is 0.302 e. The first-order valence-corrected chi connectivity index (χ1v) is 11.6. The molecule has 0 radical (unpaired) electrons. The van der Waals surface area contributed by atoms with Crippen LogP contribution in [0.1, 0.15) is 18.4 Å². The highest BCUT2D eigenvalue weighted by molar-refractivity contribution is 7.89. The van der Waals surface area contributed by atoms with Crippen LogP contribution >= 0.6 is 11.3 Å². The molecule has 0 spiro atoms. The monoisotopic (exact) mass is 451 g/mol. The van der Waals surface area contributed by atoms with Gasteiger partial charge in [0.1, 0.15) is 16.5 Å². The standard InChI is InChI=1S/C20H19F2N3O3S2/c1-12-3-2-4-16-18(12)23-20(29-16)24-19(26)13-7-9-25(10-8-13)30(27,28)17-11-14(21)5-6-15(17)22/h2-6,11,13H,7-10H2,1H3,(H,23,24,26). The van der Waals surface area contributed by atoms with E-state index in [-0.39, 0.29) is 37.8 Å². The fourth-order valence-electron chi connectivity index (χ4n) is 3.52. The maximum Gasteiger partial charge on any atom is 0.246 e. The lowest BCUT2D eigenvalue weighted by Gasteiger charge is -2.30. The predicted octanol–water partition coefficient (Wildman–Crippen LogP) is 3.92. The van der Waals surface area contributed by atoms with Crippen LogP contribution < -0.4 is 5.32 Å². The average molecular weight is 452 g/mol. The van der Waals surface area contributed by atoms with E-state index in [4.69, 9.17) is 0 Å². The topological polar surface area (TPSA) is 79.4 Å². The number of carbonyl (C=O) groups excluding carboxylic acids is 1. The number of hydrogen-bond acceptors (Lipinski definition) is 5. The van der Waals surface area contributed by atoms with E-state index in [9.17, 15) is 22.0 Å². The van der Waals surface area contributed by atoms with E-state index in [1.165, 1.54) is 11.3 Å². The van der Waals surface area contributed by atoms with Crippen LogP contribution in [0.5, 0.6) is 0 Å². The fourth-order valence-corrected chi connectivity index (χ4v) is 6.01. The summed E-state index contributed by atoms with van der Waals surface area (Å²) < 4.78 is 54.8. The molecule has 10 heteroatoms. The molecule has 1 aliphatic rings. The van der Waals surface area contributed by atoms with Crippen molar-refractivity contribution >= 4 is 42.6 Å². The van der Waals surface area contributed by atoms with E-state index in [0.29, 0.717) is 11.2 Å². The van der Waals surface area contributed by atoms with Crippen LogP contribution in [-0.4, -0.2) is 36.7 Å². The van der Waals surface area contributed by atoms with Crippen molar-refractivity contribution in [3.8, 4) is 0 Å². The summed E-state index contributed by atoms with van der Waals surface area (Å²) in [6.07, 6.45) is 0.567. The molecule has 1 N–H and O–H groups in total. The van der Waals surface area contributed by atoms with Gasteiger partial charge in [0.2, 0.25) is 15.9 Å². The molecule has 1 saturated heterocycles. The number of sulfonamides is 1. The van der Waals surface area contributed by atoms with Crippen LogP contribution in [0.4, 0.5) is 13.9 Å².